The van der Waals surface area contributed by atoms with Crippen molar-refractivity contribution in [2.24, 2.45) is 0 Å². The fourth-order valence-corrected chi connectivity index (χ4v) is 3.09. The molecule has 6 nitrogen and oxygen atoms in total. The molecule has 1 aliphatic rings. The number of aryl methyl sites for hydroxylation is 2. The Bertz CT molecular complexity index is 897. The molecule has 1 amide bonds. The summed E-state index contributed by atoms with van der Waals surface area (Å²) < 4.78 is 16.0. The van der Waals surface area contributed by atoms with Gasteiger partial charge in [0.1, 0.15) is 13.2 Å². The molecule has 0 atom stereocenters. The van der Waals surface area contributed by atoms with Crippen LogP contribution < -0.4 is 14.8 Å². The Kier molecular flexibility index (Phi) is 6.89. The topological polar surface area (TPSA) is 73.9 Å². The molecule has 29 heavy (non-hydrogen) atoms. The van der Waals surface area contributed by atoms with Crippen LogP contribution in [0, 0.1) is 0 Å². The standard InChI is InChI=1S/C23H25NO5/c1-3-17-6-5-7-18(4-2)23(17)24-21(25)15-29-22(26)11-9-16-8-10-19-20(14-16)28-13-12-27-19/h5-11,14H,3-4,12-13,15H2,1-2H3,(H,24,25)/b11-9+. The van der Waals surface area contributed by atoms with Gasteiger partial charge in [-0.3, -0.25) is 4.79 Å². The van der Waals surface area contributed by atoms with Crippen LogP contribution in [-0.2, 0) is 27.2 Å². The van der Waals surface area contributed by atoms with Crippen molar-refractivity contribution < 1.29 is 23.8 Å². The van der Waals surface area contributed by atoms with Gasteiger partial charge in [0.05, 0.1) is 0 Å². The second-order valence-corrected chi connectivity index (χ2v) is 6.55. The molecular formula is C23H25NO5. The first-order valence-electron chi connectivity index (χ1n) is 9.75. The summed E-state index contributed by atoms with van der Waals surface area (Å²) in [7, 11) is 0. The number of amides is 1. The minimum atomic E-state index is -0.588. The molecule has 6 heteroatoms. The van der Waals surface area contributed by atoms with Gasteiger partial charge in [0, 0.05) is 11.8 Å². The fraction of sp³-hybridized carbons (Fsp3) is 0.304. The highest BCUT2D eigenvalue weighted by Crippen LogP contribution is 2.31. The smallest absolute Gasteiger partial charge is 0.331 e. The summed E-state index contributed by atoms with van der Waals surface area (Å²) in [6, 6.07) is 11.4. The Balaban J connectivity index is 1.54. The number of para-hydroxylation sites is 1. The molecule has 0 aliphatic carbocycles. The molecule has 0 spiro atoms. The summed E-state index contributed by atoms with van der Waals surface area (Å²) in [6.07, 6.45) is 4.51. The Labute approximate surface area is 170 Å². The number of esters is 1. The second kappa shape index (κ2) is 9.78. The number of ether oxygens (including phenoxy) is 3. The molecular weight excluding hydrogens is 370 g/mol. The van der Waals surface area contributed by atoms with Crippen LogP contribution in [0.2, 0.25) is 0 Å². The number of hydrogen-bond donors (Lipinski definition) is 1. The first-order chi connectivity index (χ1) is 14.1. The van der Waals surface area contributed by atoms with Gasteiger partial charge in [-0.05, 0) is 47.7 Å². The summed E-state index contributed by atoms with van der Waals surface area (Å²) >= 11 is 0. The zero-order valence-electron chi connectivity index (χ0n) is 16.7. The normalized spacial score (nSPS) is 12.6. The summed E-state index contributed by atoms with van der Waals surface area (Å²) in [5, 5.41) is 2.87. The number of nitrogens with one attached hydrogen (secondary N) is 1. The van der Waals surface area contributed by atoms with Gasteiger partial charge < -0.3 is 19.5 Å². The quantitative estimate of drug-likeness (QED) is 0.571. The van der Waals surface area contributed by atoms with Crippen molar-refractivity contribution in [3.8, 4) is 11.5 Å². The number of hydrogen-bond acceptors (Lipinski definition) is 5. The van der Waals surface area contributed by atoms with Crippen LogP contribution in [0.3, 0.4) is 0 Å². The molecule has 0 saturated carbocycles. The molecule has 0 fully saturated rings. The summed E-state index contributed by atoms with van der Waals surface area (Å²) in [6.45, 7) is 4.75. The lowest BCUT2D eigenvalue weighted by molar-refractivity contribution is -0.142. The number of fused-ring (bicyclic) bond motifs is 1. The van der Waals surface area contributed by atoms with Crippen LogP contribution in [0.25, 0.3) is 6.08 Å². The summed E-state index contributed by atoms with van der Waals surface area (Å²) in [4.78, 5) is 24.2. The summed E-state index contributed by atoms with van der Waals surface area (Å²) in [5.41, 5.74) is 3.70. The Hall–Kier alpha value is -3.28. The maximum atomic E-state index is 12.2. The highest BCUT2D eigenvalue weighted by atomic mass is 16.6. The van der Waals surface area contributed by atoms with Crippen molar-refractivity contribution >= 4 is 23.6 Å². The third-order valence-electron chi connectivity index (χ3n) is 4.59. The van der Waals surface area contributed by atoms with Crippen molar-refractivity contribution in [1.82, 2.24) is 0 Å². The minimum absolute atomic E-state index is 0.342. The average molecular weight is 395 g/mol. The molecule has 152 valence electrons. The first-order valence-corrected chi connectivity index (χ1v) is 9.75. The fourth-order valence-electron chi connectivity index (χ4n) is 3.09. The van der Waals surface area contributed by atoms with E-state index in [4.69, 9.17) is 14.2 Å². The SMILES string of the molecule is CCc1cccc(CC)c1NC(=O)COC(=O)/C=C/c1ccc2c(c1)OCCO2. The van der Waals surface area contributed by atoms with E-state index in [1.54, 1.807) is 18.2 Å². The predicted octanol–water partition coefficient (Wildman–Crippen LogP) is 3.78. The van der Waals surface area contributed by atoms with Gasteiger partial charge in [0.25, 0.3) is 5.91 Å². The zero-order chi connectivity index (χ0) is 20.6. The van der Waals surface area contributed by atoms with Crippen molar-refractivity contribution in [1.29, 1.82) is 0 Å². The van der Waals surface area contributed by atoms with E-state index in [2.05, 4.69) is 5.32 Å². The van der Waals surface area contributed by atoms with E-state index in [0.29, 0.717) is 24.7 Å². The van der Waals surface area contributed by atoms with Gasteiger partial charge in [-0.2, -0.15) is 0 Å². The molecule has 1 N–H and O–H groups in total. The van der Waals surface area contributed by atoms with E-state index in [0.717, 1.165) is 35.2 Å². The van der Waals surface area contributed by atoms with E-state index in [1.807, 2.05) is 38.1 Å². The van der Waals surface area contributed by atoms with Crippen LogP contribution >= 0.6 is 0 Å². The van der Waals surface area contributed by atoms with Crippen LogP contribution in [0.15, 0.2) is 42.5 Å². The molecule has 0 aromatic heterocycles. The highest BCUT2D eigenvalue weighted by molar-refractivity contribution is 5.95. The van der Waals surface area contributed by atoms with Crippen molar-refractivity contribution in [2.75, 3.05) is 25.1 Å². The molecule has 1 heterocycles. The van der Waals surface area contributed by atoms with Crippen LogP contribution in [0.1, 0.15) is 30.5 Å². The highest BCUT2D eigenvalue weighted by Gasteiger charge is 2.12. The van der Waals surface area contributed by atoms with Gasteiger partial charge in [0.2, 0.25) is 0 Å². The van der Waals surface area contributed by atoms with E-state index >= 15 is 0 Å². The number of carbonyl (C=O) groups is 2. The van der Waals surface area contributed by atoms with E-state index < -0.39 is 5.97 Å². The maximum absolute atomic E-state index is 12.2. The third kappa shape index (κ3) is 5.38. The number of rotatable bonds is 7. The molecule has 1 aliphatic heterocycles. The van der Waals surface area contributed by atoms with Gasteiger partial charge in [0.15, 0.2) is 18.1 Å². The number of anilines is 1. The molecule has 0 bridgehead atoms. The van der Waals surface area contributed by atoms with E-state index in [9.17, 15) is 9.59 Å². The van der Waals surface area contributed by atoms with Crippen molar-refractivity contribution in [3.63, 3.8) is 0 Å². The first kappa shape index (κ1) is 20.5. The van der Waals surface area contributed by atoms with Crippen molar-refractivity contribution in [3.05, 3.63) is 59.2 Å². The Morgan fingerprint density at radius 1 is 1.03 bits per heavy atom. The van der Waals surface area contributed by atoms with Gasteiger partial charge in [-0.1, -0.05) is 38.1 Å². The second-order valence-electron chi connectivity index (χ2n) is 6.55. The van der Waals surface area contributed by atoms with E-state index in [1.165, 1.54) is 6.08 Å². The number of benzene rings is 2. The monoisotopic (exact) mass is 395 g/mol. The van der Waals surface area contributed by atoms with E-state index in [-0.39, 0.29) is 12.5 Å². The van der Waals surface area contributed by atoms with Gasteiger partial charge in [-0.25, -0.2) is 4.79 Å². The van der Waals surface area contributed by atoms with Crippen molar-refractivity contribution in [2.45, 2.75) is 26.7 Å². The molecule has 3 rings (SSSR count). The lowest BCUT2D eigenvalue weighted by Crippen LogP contribution is -2.21. The molecule has 0 saturated heterocycles. The molecule has 0 unspecified atom stereocenters. The Morgan fingerprint density at radius 2 is 1.72 bits per heavy atom. The summed E-state index contributed by atoms with van der Waals surface area (Å²) in [5.74, 6) is 0.384. The Morgan fingerprint density at radius 3 is 2.41 bits per heavy atom. The van der Waals surface area contributed by atoms with Gasteiger partial charge in [-0.15, -0.1) is 0 Å². The van der Waals surface area contributed by atoms with Gasteiger partial charge >= 0.3 is 5.97 Å². The van der Waals surface area contributed by atoms with Crippen LogP contribution in [-0.4, -0.2) is 31.7 Å². The lowest BCUT2D eigenvalue weighted by Gasteiger charge is -2.18. The number of carbonyl (C=O) groups excluding carboxylic acids is 2. The zero-order valence-corrected chi connectivity index (χ0v) is 16.7. The van der Waals surface area contributed by atoms with Crippen LogP contribution in [0.4, 0.5) is 5.69 Å². The molecule has 0 radical (unpaired) electrons. The maximum Gasteiger partial charge on any atom is 0.331 e. The average Bonchev–Trinajstić information content (AvgIpc) is 2.76. The van der Waals surface area contributed by atoms with Crippen LogP contribution in [0.5, 0.6) is 11.5 Å². The third-order valence-corrected chi connectivity index (χ3v) is 4.59. The lowest BCUT2D eigenvalue weighted by atomic mass is 10.0. The molecule has 2 aromatic rings. The minimum Gasteiger partial charge on any atom is -0.486 e. The predicted molar refractivity (Wildman–Crippen MR) is 111 cm³/mol. The largest absolute Gasteiger partial charge is 0.486 e. The molecule has 2 aromatic carbocycles.